The lowest BCUT2D eigenvalue weighted by molar-refractivity contribution is -0.117. The van der Waals surface area contributed by atoms with Crippen molar-refractivity contribution in [1.82, 2.24) is 15.0 Å². The quantitative estimate of drug-likeness (QED) is 0.773. The summed E-state index contributed by atoms with van der Waals surface area (Å²) in [6, 6.07) is 5.35. The van der Waals surface area contributed by atoms with Crippen LogP contribution in [0.1, 0.15) is 6.42 Å². The first kappa shape index (κ1) is 15.8. The number of carbonyl (C=O) groups excluding carboxylic acids is 1. The van der Waals surface area contributed by atoms with Crippen LogP contribution in [0.3, 0.4) is 0 Å². The molecule has 0 aromatic carbocycles. The molecule has 1 aliphatic heterocycles. The fourth-order valence-corrected chi connectivity index (χ4v) is 3.85. The molecule has 0 N–H and O–H groups in total. The molecule has 0 saturated carbocycles. The molecule has 1 aliphatic rings. The Kier molecular flexibility index (Phi) is 4.27. The van der Waals surface area contributed by atoms with E-state index < -0.39 is 9.05 Å². The van der Waals surface area contributed by atoms with E-state index in [0.717, 1.165) is 5.56 Å². The number of rotatable bonds is 4. The van der Waals surface area contributed by atoms with Crippen molar-refractivity contribution in [2.75, 3.05) is 17.2 Å². The van der Waals surface area contributed by atoms with Crippen LogP contribution in [0.5, 0.6) is 0 Å². The summed E-state index contributed by atoms with van der Waals surface area (Å²) in [5.74, 6) is -0.528. The molecule has 1 unspecified atom stereocenters. The zero-order chi connectivity index (χ0) is 16.4. The minimum absolute atomic E-state index is 0.120. The zero-order valence-electron chi connectivity index (χ0n) is 12.0. The molecular formula is C14H13ClN4O3S. The Bertz CT molecular complexity index is 829. The molecular weight excluding hydrogens is 340 g/mol. The summed E-state index contributed by atoms with van der Waals surface area (Å²) in [5, 5.41) is 0. The number of amides is 1. The van der Waals surface area contributed by atoms with E-state index in [-0.39, 0.29) is 36.5 Å². The first-order valence-corrected chi connectivity index (χ1v) is 9.36. The van der Waals surface area contributed by atoms with Crippen LogP contribution < -0.4 is 4.90 Å². The summed E-state index contributed by atoms with van der Waals surface area (Å²) < 4.78 is 22.3. The fraction of sp³-hybridized carbons (Fsp3) is 0.286. The Morgan fingerprint density at radius 3 is 2.65 bits per heavy atom. The van der Waals surface area contributed by atoms with Gasteiger partial charge in [0.05, 0.1) is 11.4 Å². The molecule has 7 nitrogen and oxygen atoms in total. The van der Waals surface area contributed by atoms with Crippen LogP contribution >= 0.6 is 10.7 Å². The second-order valence-corrected chi connectivity index (χ2v) is 8.08. The SMILES string of the molecule is O=C1CC(CS(=O)(=O)Cl)CN1c1nccc(-c2ccncc2)n1. The van der Waals surface area contributed by atoms with Crippen LogP contribution in [0.2, 0.25) is 0 Å². The second kappa shape index (κ2) is 6.21. The van der Waals surface area contributed by atoms with Crippen molar-refractivity contribution >= 4 is 31.6 Å². The molecule has 1 amide bonds. The smallest absolute Gasteiger partial charge is 0.232 e. The third-order valence-corrected chi connectivity index (χ3v) is 4.75. The molecule has 1 atom stereocenters. The summed E-state index contributed by atoms with van der Waals surface area (Å²) in [7, 11) is 1.62. The lowest BCUT2D eigenvalue weighted by Crippen LogP contribution is -2.27. The van der Waals surface area contributed by atoms with Crippen LogP contribution in [-0.2, 0) is 13.8 Å². The standard InChI is InChI=1S/C14H13ClN4O3S/c15-23(21,22)9-10-7-13(20)19(8-10)14-17-6-3-12(18-14)11-1-4-16-5-2-11/h1-6,10H,7-9H2. The Morgan fingerprint density at radius 1 is 1.22 bits per heavy atom. The third kappa shape index (κ3) is 3.83. The highest BCUT2D eigenvalue weighted by Crippen LogP contribution is 2.25. The summed E-state index contributed by atoms with van der Waals surface area (Å²) in [6.07, 6.45) is 4.99. The minimum Gasteiger partial charge on any atom is -0.280 e. The van der Waals surface area contributed by atoms with E-state index in [1.165, 1.54) is 4.90 Å². The maximum atomic E-state index is 12.1. The number of anilines is 1. The summed E-state index contributed by atoms with van der Waals surface area (Å²) in [6.45, 7) is 0.241. The molecule has 2 aromatic heterocycles. The van der Waals surface area contributed by atoms with E-state index in [1.54, 1.807) is 36.8 Å². The maximum Gasteiger partial charge on any atom is 0.232 e. The van der Waals surface area contributed by atoms with Gasteiger partial charge in [0.25, 0.3) is 0 Å². The Hall–Kier alpha value is -2.06. The van der Waals surface area contributed by atoms with Gasteiger partial charge in [0.1, 0.15) is 0 Å². The van der Waals surface area contributed by atoms with E-state index >= 15 is 0 Å². The van der Waals surface area contributed by atoms with Gasteiger partial charge in [0.15, 0.2) is 0 Å². The molecule has 2 aromatic rings. The second-order valence-electron chi connectivity index (χ2n) is 5.26. The molecule has 1 fully saturated rings. The number of pyridine rings is 1. The van der Waals surface area contributed by atoms with Gasteiger partial charge in [-0.3, -0.25) is 14.7 Å². The molecule has 0 radical (unpaired) electrons. The number of carbonyl (C=O) groups is 1. The first-order chi connectivity index (χ1) is 10.9. The normalized spacial score (nSPS) is 18.4. The molecule has 3 rings (SSSR count). The van der Waals surface area contributed by atoms with Gasteiger partial charge in [-0.2, -0.15) is 0 Å². The number of hydrogen-bond acceptors (Lipinski definition) is 6. The van der Waals surface area contributed by atoms with Gasteiger partial charge in [-0.25, -0.2) is 18.4 Å². The van der Waals surface area contributed by atoms with Crippen molar-refractivity contribution in [3.05, 3.63) is 36.8 Å². The highest BCUT2D eigenvalue weighted by molar-refractivity contribution is 8.13. The zero-order valence-corrected chi connectivity index (χ0v) is 13.5. The van der Waals surface area contributed by atoms with E-state index in [0.29, 0.717) is 5.69 Å². The number of hydrogen-bond donors (Lipinski definition) is 0. The van der Waals surface area contributed by atoms with E-state index in [1.807, 2.05) is 0 Å². The molecule has 9 heteroatoms. The van der Waals surface area contributed by atoms with Gasteiger partial charge >= 0.3 is 0 Å². The molecule has 120 valence electrons. The molecule has 1 saturated heterocycles. The Balaban J connectivity index is 1.84. The number of halogens is 1. The van der Waals surface area contributed by atoms with Gasteiger partial charge in [0, 0.05) is 53.7 Å². The third-order valence-electron chi connectivity index (χ3n) is 3.50. The lowest BCUT2D eigenvalue weighted by Gasteiger charge is -2.14. The minimum atomic E-state index is -3.64. The largest absolute Gasteiger partial charge is 0.280 e. The highest BCUT2D eigenvalue weighted by Gasteiger charge is 2.34. The summed E-state index contributed by atoms with van der Waals surface area (Å²) >= 11 is 0. The fourth-order valence-electron chi connectivity index (χ4n) is 2.53. The topological polar surface area (TPSA) is 93.1 Å². The molecule has 23 heavy (non-hydrogen) atoms. The molecule has 0 spiro atoms. The van der Waals surface area contributed by atoms with Crippen LogP contribution in [0.25, 0.3) is 11.3 Å². The van der Waals surface area contributed by atoms with Crippen molar-refractivity contribution in [2.24, 2.45) is 5.92 Å². The van der Waals surface area contributed by atoms with Gasteiger partial charge < -0.3 is 0 Å². The predicted octanol–water partition coefficient (Wildman–Crippen LogP) is 1.46. The van der Waals surface area contributed by atoms with E-state index in [2.05, 4.69) is 15.0 Å². The molecule has 0 aliphatic carbocycles. The monoisotopic (exact) mass is 352 g/mol. The summed E-state index contributed by atoms with van der Waals surface area (Å²) in [5.41, 5.74) is 1.52. The van der Waals surface area contributed by atoms with Crippen molar-refractivity contribution in [2.45, 2.75) is 6.42 Å². The van der Waals surface area contributed by atoms with Gasteiger partial charge in [-0.05, 0) is 18.2 Å². The van der Waals surface area contributed by atoms with Gasteiger partial charge in [-0.15, -0.1) is 0 Å². The Morgan fingerprint density at radius 2 is 1.96 bits per heavy atom. The number of aromatic nitrogens is 3. The average molecular weight is 353 g/mol. The number of nitrogens with zero attached hydrogens (tertiary/aromatic N) is 4. The maximum absolute atomic E-state index is 12.1. The molecule has 3 heterocycles. The van der Waals surface area contributed by atoms with Crippen LogP contribution in [0.15, 0.2) is 36.8 Å². The first-order valence-electron chi connectivity index (χ1n) is 6.88. The van der Waals surface area contributed by atoms with Crippen molar-refractivity contribution < 1.29 is 13.2 Å². The Labute approximate surface area is 137 Å². The van der Waals surface area contributed by atoms with E-state index in [9.17, 15) is 13.2 Å². The predicted molar refractivity (Wildman–Crippen MR) is 85.4 cm³/mol. The van der Waals surface area contributed by atoms with Crippen molar-refractivity contribution in [3.63, 3.8) is 0 Å². The average Bonchev–Trinajstić information content (AvgIpc) is 2.87. The van der Waals surface area contributed by atoms with Gasteiger partial charge in [0.2, 0.25) is 20.9 Å². The van der Waals surface area contributed by atoms with Crippen LogP contribution in [0.4, 0.5) is 5.95 Å². The van der Waals surface area contributed by atoms with E-state index in [4.69, 9.17) is 10.7 Å². The lowest BCUT2D eigenvalue weighted by atomic mass is 10.1. The molecule has 0 bridgehead atoms. The summed E-state index contributed by atoms with van der Waals surface area (Å²) in [4.78, 5) is 26.0. The van der Waals surface area contributed by atoms with Crippen LogP contribution in [-0.4, -0.2) is 41.6 Å². The van der Waals surface area contributed by atoms with Crippen molar-refractivity contribution in [3.8, 4) is 11.3 Å². The van der Waals surface area contributed by atoms with Crippen LogP contribution in [0, 0.1) is 5.92 Å². The van der Waals surface area contributed by atoms with Crippen molar-refractivity contribution in [1.29, 1.82) is 0 Å². The highest BCUT2D eigenvalue weighted by atomic mass is 35.7. The van der Waals surface area contributed by atoms with Gasteiger partial charge in [-0.1, -0.05) is 0 Å².